The van der Waals surface area contributed by atoms with Crippen LogP contribution < -0.4 is 19.5 Å². The number of amides is 1. The maximum absolute atomic E-state index is 13.1. The van der Waals surface area contributed by atoms with Crippen molar-refractivity contribution in [3.63, 3.8) is 0 Å². The number of methoxy groups -OCH3 is 2. The van der Waals surface area contributed by atoms with Crippen LogP contribution in [0.5, 0.6) is 17.2 Å². The highest BCUT2D eigenvalue weighted by molar-refractivity contribution is 6.32. The molecule has 3 rings (SSSR count). The number of nitrogens with one attached hydrogen (secondary N) is 1. The number of hydrogen-bond acceptors (Lipinski definition) is 7. The fourth-order valence-electron chi connectivity index (χ4n) is 3.10. The maximum atomic E-state index is 13.1. The van der Waals surface area contributed by atoms with Crippen LogP contribution in [0.2, 0.25) is 5.02 Å². The first-order valence-corrected chi connectivity index (χ1v) is 10.6. The second-order valence-electron chi connectivity index (χ2n) is 7.21. The molecule has 0 radical (unpaired) electrons. The average molecular weight is 512 g/mol. The van der Waals surface area contributed by atoms with Gasteiger partial charge in [-0.2, -0.15) is 5.26 Å². The lowest BCUT2D eigenvalue weighted by Gasteiger charge is -2.14. The molecule has 36 heavy (non-hydrogen) atoms. The number of nitro groups is 1. The lowest BCUT2D eigenvalue weighted by Crippen LogP contribution is -2.14. The largest absolute Gasteiger partial charge is 0.496 e. The third-order valence-corrected chi connectivity index (χ3v) is 5.15. The Kier molecular flexibility index (Phi) is 8.43. The van der Waals surface area contributed by atoms with Crippen LogP contribution in [0.1, 0.15) is 11.1 Å². The Bertz CT molecular complexity index is 1370. The number of rotatable bonds is 9. The minimum Gasteiger partial charge on any atom is -0.496 e. The van der Waals surface area contributed by atoms with Gasteiger partial charge in [0.2, 0.25) is 0 Å². The predicted molar refractivity (Wildman–Crippen MR) is 131 cm³/mol. The van der Waals surface area contributed by atoms with E-state index in [1.807, 2.05) is 0 Å². The zero-order valence-corrected chi connectivity index (χ0v) is 19.8. The van der Waals surface area contributed by atoms with Crippen molar-refractivity contribution in [1.82, 2.24) is 0 Å². The molecule has 0 aliphatic rings. The first kappa shape index (κ1) is 26.0. The summed E-state index contributed by atoms with van der Waals surface area (Å²) in [6.45, 7) is 0.0953. The highest BCUT2D eigenvalue weighted by atomic mass is 35.5. The number of anilines is 1. The Morgan fingerprint density at radius 1 is 1.17 bits per heavy atom. The summed E-state index contributed by atoms with van der Waals surface area (Å²) in [5.41, 5.74) is 0.217. The van der Waals surface area contributed by atoms with Crippen molar-refractivity contribution < 1.29 is 28.3 Å². The average Bonchev–Trinajstić information content (AvgIpc) is 2.87. The van der Waals surface area contributed by atoms with Crippen molar-refractivity contribution in [3.05, 3.63) is 92.3 Å². The molecule has 0 atom stereocenters. The highest BCUT2D eigenvalue weighted by Crippen LogP contribution is 2.37. The fraction of sp³-hybridized carbons (Fsp3) is 0.120. The SMILES string of the molecule is COc1ccc(NC(=O)/C(C#N)=C/c2cc(Cl)c(OCc3ccc(F)cc3)c(OC)c2)c([N+](=O)[O-])c1. The number of carbonyl (C=O) groups is 1. The summed E-state index contributed by atoms with van der Waals surface area (Å²) in [7, 11) is 2.75. The molecule has 0 bridgehead atoms. The summed E-state index contributed by atoms with van der Waals surface area (Å²) >= 11 is 6.36. The molecule has 11 heteroatoms. The molecule has 0 aliphatic carbocycles. The maximum Gasteiger partial charge on any atom is 0.296 e. The number of nitro benzene ring substituents is 1. The van der Waals surface area contributed by atoms with Gasteiger partial charge in [-0.3, -0.25) is 14.9 Å². The molecule has 0 saturated carbocycles. The summed E-state index contributed by atoms with van der Waals surface area (Å²) in [4.78, 5) is 23.4. The van der Waals surface area contributed by atoms with E-state index in [4.69, 9.17) is 25.8 Å². The first-order valence-electron chi connectivity index (χ1n) is 10.3. The van der Waals surface area contributed by atoms with Crippen LogP contribution in [0.25, 0.3) is 6.08 Å². The quantitative estimate of drug-likeness (QED) is 0.173. The Morgan fingerprint density at radius 2 is 1.89 bits per heavy atom. The van der Waals surface area contributed by atoms with Gasteiger partial charge in [-0.1, -0.05) is 23.7 Å². The van der Waals surface area contributed by atoms with E-state index in [2.05, 4.69) is 5.32 Å². The van der Waals surface area contributed by atoms with Crippen molar-refractivity contribution in [2.24, 2.45) is 0 Å². The van der Waals surface area contributed by atoms with Gasteiger partial charge in [-0.15, -0.1) is 0 Å². The molecule has 9 nitrogen and oxygen atoms in total. The summed E-state index contributed by atoms with van der Waals surface area (Å²) in [5.74, 6) is -0.544. The Morgan fingerprint density at radius 3 is 2.50 bits per heavy atom. The molecule has 0 heterocycles. The second-order valence-corrected chi connectivity index (χ2v) is 7.62. The van der Waals surface area contributed by atoms with E-state index >= 15 is 0 Å². The molecule has 0 aromatic heterocycles. The van der Waals surface area contributed by atoms with Gasteiger partial charge in [0.15, 0.2) is 11.5 Å². The standard InChI is InChI=1S/C25H19ClFN3O6/c1-34-19-7-8-21(22(12-19)30(32)33)29-25(31)17(13-28)9-16-10-20(26)24(23(11-16)35-2)36-14-15-3-5-18(27)6-4-15/h3-12H,14H2,1-2H3,(H,29,31)/b17-9+. The third kappa shape index (κ3) is 6.28. The van der Waals surface area contributed by atoms with E-state index < -0.39 is 16.5 Å². The number of carbonyl (C=O) groups excluding carboxylic acids is 1. The Balaban J connectivity index is 1.84. The minimum atomic E-state index is -0.863. The van der Waals surface area contributed by atoms with Crippen molar-refractivity contribution in [2.75, 3.05) is 19.5 Å². The van der Waals surface area contributed by atoms with Crippen LogP contribution in [0, 0.1) is 27.3 Å². The number of hydrogen-bond donors (Lipinski definition) is 1. The fourth-order valence-corrected chi connectivity index (χ4v) is 3.37. The van der Waals surface area contributed by atoms with Gasteiger partial charge >= 0.3 is 0 Å². The van der Waals surface area contributed by atoms with Gasteiger partial charge in [-0.25, -0.2) is 4.39 Å². The van der Waals surface area contributed by atoms with E-state index in [9.17, 15) is 24.6 Å². The summed E-state index contributed by atoms with van der Waals surface area (Å²) in [6.07, 6.45) is 1.25. The molecule has 0 unspecified atom stereocenters. The van der Waals surface area contributed by atoms with Crippen molar-refractivity contribution in [1.29, 1.82) is 5.26 Å². The van der Waals surface area contributed by atoms with Gasteiger partial charge in [0.25, 0.3) is 11.6 Å². The van der Waals surface area contributed by atoms with Crippen LogP contribution in [-0.2, 0) is 11.4 Å². The second kappa shape index (κ2) is 11.7. The van der Waals surface area contributed by atoms with Gasteiger partial charge in [0.1, 0.15) is 35.5 Å². The van der Waals surface area contributed by atoms with Gasteiger partial charge in [0.05, 0.1) is 30.2 Å². The van der Waals surface area contributed by atoms with E-state index in [1.54, 1.807) is 18.2 Å². The van der Waals surface area contributed by atoms with Gasteiger partial charge in [-0.05, 0) is 53.6 Å². The lowest BCUT2D eigenvalue weighted by molar-refractivity contribution is -0.384. The monoisotopic (exact) mass is 511 g/mol. The third-order valence-electron chi connectivity index (χ3n) is 4.87. The molecular formula is C25H19ClFN3O6. The topological polar surface area (TPSA) is 124 Å². The highest BCUT2D eigenvalue weighted by Gasteiger charge is 2.20. The van der Waals surface area contributed by atoms with Gasteiger partial charge < -0.3 is 19.5 Å². The molecule has 1 N–H and O–H groups in total. The van der Waals surface area contributed by atoms with Crippen LogP contribution >= 0.6 is 11.6 Å². The molecule has 3 aromatic rings. The van der Waals surface area contributed by atoms with E-state index in [-0.39, 0.29) is 46.0 Å². The van der Waals surface area contributed by atoms with Gasteiger partial charge in [0, 0.05) is 0 Å². The molecule has 184 valence electrons. The van der Waals surface area contributed by atoms with E-state index in [0.717, 1.165) is 6.07 Å². The van der Waals surface area contributed by atoms with E-state index in [1.165, 1.54) is 56.7 Å². The molecular weight excluding hydrogens is 493 g/mol. The number of ether oxygens (including phenoxy) is 3. The Labute approximate surface area is 210 Å². The summed E-state index contributed by atoms with van der Waals surface area (Å²) < 4.78 is 29.1. The summed E-state index contributed by atoms with van der Waals surface area (Å²) in [6, 6.07) is 14.4. The van der Waals surface area contributed by atoms with Crippen molar-refractivity contribution in [2.45, 2.75) is 6.61 Å². The minimum absolute atomic E-state index is 0.0953. The molecule has 1 amide bonds. The van der Waals surface area contributed by atoms with E-state index in [0.29, 0.717) is 11.1 Å². The molecule has 0 saturated heterocycles. The number of halogens is 2. The summed E-state index contributed by atoms with van der Waals surface area (Å²) in [5, 5.41) is 23.4. The predicted octanol–water partition coefficient (Wildman–Crippen LogP) is 5.53. The number of nitriles is 1. The zero-order chi connectivity index (χ0) is 26.2. The molecule has 3 aromatic carbocycles. The molecule has 0 aliphatic heterocycles. The van der Waals surface area contributed by atoms with Crippen LogP contribution in [0.4, 0.5) is 15.8 Å². The van der Waals surface area contributed by atoms with Crippen LogP contribution in [-0.4, -0.2) is 25.1 Å². The zero-order valence-electron chi connectivity index (χ0n) is 19.1. The molecule has 0 fully saturated rings. The number of benzene rings is 3. The Hall–Kier alpha value is -4.62. The lowest BCUT2D eigenvalue weighted by atomic mass is 10.1. The van der Waals surface area contributed by atoms with Crippen LogP contribution in [0.3, 0.4) is 0 Å². The first-order chi connectivity index (χ1) is 17.2. The molecule has 0 spiro atoms. The van der Waals surface area contributed by atoms with Crippen molar-refractivity contribution in [3.8, 4) is 23.3 Å². The van der Waals surface area contributed by atoms with Crippen LogP contribution in [0.15, 0.2) is 60.2 Å². The van der Waals surface area contributed by atoms with Crippen molar-refractivity contribution >= 4 is 35.0 Å². The number of nitrogens with zero attached hydrogens (tertiary/aromatic N) is 2. The smallest absolute Gasteiger partial charge is 0.296 e. The normalized spacial score (nSPS) is 10.8.